The van der Waals surface area contributed by atoms with Gasteiger partial charge in [0, 0.05) is 14.2 Å². The Morgan fingerprint density at radius 3 is 2.82 bits per heavy atom. The lowest BCUT2D eigenvalue weighted by atomic mass is 10.4. The first-order valence-corrected chi connectivity index (χ1v) is 5.37. The van der Waals surface area contributed by atoms with Gasteiger partial charge in [0.05, 0.1) is 6.54 Å². The normalized spacial score (nSPS) is 10.8. The van der Waals surface area contributed by atoms with Crippen LogP contribution >= 0.6 is 0 Å². The highest BCUT2D eigenvalue weighted by Gasteiger charge is 2.05. The minimum Gasteiger partial charge on any atom is -0.462 e. The zero-order chi connectivity index (χ0) is 12.3. The lowest BCUT2D eigenvalue weighted by Gasteiger charge is -2.02. The molecular weight excluding hydrogens is 220 g/mol. The summed E-state index contributed by atoms with van der Waals surface area (Å²) in [5.74, 6) is 3.14. The Morgan fingerprint density at radius 2 is 2.18 bits per heavy atom. The van der Waals surface area contributed by atoms with E-state index in [1.807, 2.05) is 26.1 Å². The van der Waals surface area contributed by atoms with Crippen LogP contribution in [0, 0.1) is 6.92 Å². The van der Waals surface area contributed by atoms with Crippen LogP contribution in [-0.4, -0.2) is 21.9 Å². The summed E-state index contributed by atoms with van der Waals surface area (Å²) in [5, 5.41) is 7.31. The molecule has 0 aliphatic rings. The van der Waals surface area contributed by atoms with Gasteiger partial charge >= 0.3 is 0 Å². The van der Waals surface area contributed by atoms with Crippen molar-refractivity contribution in [3.8, 4) is 0 Å². The first kappa shape index (κ1) is 11.7. The van der Waals surface area contributed by atoms with E-state index in [1.165, 1.54) is 0 Å². The van der Waals surface area contributed by atoms with Crippen LogP contribution in [0.4, 0.5) is 5.95 Å². The van der Waals surface area contributed by atoms with Crippen molar-refractivity contribution in [2.45, 2.75) is 20.1 Å². The maximum atomic E-state index is 5.55. The van der Waals surface area contributed by atoms with E-state index in [0.717, 1.165) is 23.3 Å². The fourth-order valence-electron chi connectivity index (χ4n) is 1.57. The zero-order valence-electron chi connectivity index (χ0n) is 10.2. The third kappa shape index (κ3) is 2.85. The first-order valence-electron chi connectivity index (χ1n) is 5.37. The highest BCUT2D eigenvalue weighted by atomic mass is 16.5. The van der Waals surface area contributed by atoms with Gasteiger partial charge in [-0.25, -0.2) is 4.68 Å². The second-order valence-electron chi connectivity index (χ2n) is 3.76. The Balaban J connectivity index is 1.95. The van der Waals surface area contributed by atoms with Crippen molar-refractivity contribution in [1.29, 1.82) is 0 Å². The molecule has 0 saturated carbocycles. The molecule has 2 aromatic heterocycles. The minimum atomic E-state index is 0.489. The monoisotopic (exact) mass is 236 g/mol. The van der Waals surface area contributed by atoms with E-state index in [4.69, 9.17) is 9.15 Å². The predicted octanol–water partition coefficient (Wildman–Crippen LogP) is 1.48. The van der Waals surface area contributed by atoms with Crippen molar-refractivity contribution in [2.75, 3.05) is 12.4 Å². The SMILES string of the molecule is COCc1ccc(CNc2nc(C)nn2C)o1. The highest BCUT2D eigenvalue weighted by Crippen LogP contribution is 2.11. The topological polar surface area (TPSA) is 65.1 Å². The molecule has 0 unspecified atom stereocenters. The number of hydrogen-bond donors (Lipinski definition) is 1. The van der Waals surface area contributed by atoms with E-state index < -0.39 is 0 Å². The van der Waals surface area contributed by atoms with Crippen molar-refractivity contribution >= 4 is 5.95 Å². The maximum absolute atomic E-state index is 5.55. The van der Waals surface area contributed by atoms with Crippen molar-refractivity contribution in [3.63, 3.8) is 0 Å². The number of rotatable bonds is 5. The van der Waals surface area contributed by atoms with Gasteiger partial charge in [0.1, 0.15) is 24.0 Å². The largest absolute Gasteiger partial charge is 0.462 e. The van der Waals surface area contributed by atoms with E-state index >= 15 is 0 Å². The second-order valence-corrected chi connectivity index (χ2v) is 3.76. The summed E-state index contributed by atoms with van der Waals surface area (Å²) in [6.07, 6.45) is 0. The smallest absolute Gasteiger partial charge is 0.221 e. The fraction of sp³-hybridized carbons (Fsp3) is 0.455. The molecule has 0 bridgehead atoms. The van der Waals surface area contributed by atoms with Crippen LogP contribution < -0.4 is 5.32 Å². The van der Waals surface area contributed by atoms with Crippen LogP contribution in [0.5, 0.6) is 0 Å². The number of furan rings is 1. The number of hydrogen-bond acceptors (Lipinski definition) is 5. The molecule has 0 radical (unpaired) electrons. The van der Waals surface area contributed by atoms with Gasteiger partial charge in [-0.05, 0) is 19.1 Å². The van der Waals surface area contributed by atoms with Crippen molar-refractivity contribution in [3.05, 3.63) is 29.5 Å². The predicted molar refractivity (Wildman–Crippen MR) is 62.5 cm³/mol. The Labute approximate surface area is 99.6 Å². The van der Waals surface area contributed by atoms with Crippen LogP contribution in [-0.2, 0) is 24.9 Å². The highest BCUT2D eigenvalue weighted by molar-refractivity contribution is 5.25. The number of methoxy groups -OCH3 is 1. The summed E-state index contributed by atoms with van der Waals surface area (Å²) in [6.45, 7) is 2.92. The van der Waals surface area contributed by atoms with Gasteiger partial charge in [0.2, 0.25) is 5.95 Å². The number of nitrogens with one attached hydrogen (secondary N) is 1. The van der Waals surface area contributed by atoms with Crippen LogP contribution in [0.2, 0.25) is 0 Å². The average molecular weight is 236 g/mol. The summed E-state index contributed by atoms with van der Waals surface area (Å²) in [7, 11) is 3.49. The molecule has 0 fully saturated rings. The molecule has 0 aromatic carbocycles. The maximum Gasteiger partial charge on any atom is 0.221 e. The molecule has 0 amide bonds. The molecule has 0 saturated heterocycles. The molecule has 17 heavy (non-hydrogen) atoms. The molecule has 6 heteroatoms. The van der Waals surface area contributed by atoms with Crippen molar-refractivity contribution < 1.29 is 9.15 Å². The lowest BCUT2D eigenvalue weighted by molar-refractivity contribution is 0.163. The van der Waals surface area contributed by atoms with E-state index in [2.05, 4.69) is 15.4 Å². The lowest BCUT2D eigenvalue weighted by Crippen LogP contribution is -2.04. The summed E-state index contributed by atoms with van der Waals surface area (Å²) < 4.78 is 12.2. The molecule has 0 aliphatic heterocycles. The Bertz CT molecular complexity index is 489. The zero-order valence-corrected chi connectivity index (χ0v) is 10.2. The molecule has 6 nitrogen and oxygen atoms in total. The van der Waals surface area contributed by atoms with Crippen LogP contribution in [0.25, 0.3) is 0 Å². The number of nitrogens with zero attached hydrogens (tertiary/aromatic N) is 3. The quantitative estimate of drug-likeness (QED) is 0.851. The molecular formula is C11H16N4O2. The van der Waals surface area contributed by atoms with Gasteiger partial charge < -0.3 is 14.5 Å². The van der Waals surface area contributed by atoms with E-state index in [-0.39, 0.29) is 0 Å². The minimum absolute atomic E-state index is 0.489. The van der Waals surface area contributed by atoms with E-state index in [9.17, 15) is 0 Å². The van der Waals surface area contributed by atoms with Gasteiger partial charge in [-0.15, -0.1) is 0 Å². The molecule has 0 aliphatic carbocycles. The number of aryl methyl sites for hydroxylation is 2. The molecule has 0 atom stereocenters. The molecule has 92 valence electrons. The second kappa shape index (κ2) is 5.01. The Hall–Kier alpha value is -1.82. The third-order valence-corrected chi connectivity index (χ3v) is 2.29. The summed E-state index contributed by atoms with van der Waals surface area (Å²) in [5.41, 5.74) is 0. The fourth-order valence-corrected chi connectivity index (χ4v) is 1.57. The standard InChI is InChI=1S/C11H16N4O2/c1-8-13-11(15(2)14-8)12-6-9-4-5-10(17-9)7-16-3/h4-5H,6-7H2,1-3H3,(H,12,13,14). The molecule has 2 aromatic rings. The number of ether oxygens (including phenoxy) is 1. The van der Waals surface area contributed by atoms with Gasteiger partial charge in [-0.1, -0.05) is 0 Å². The van der Waals surface area contributed by atoms with Crippen LogP contribution in [0.3, 0.4) is 0 Å². The van der Waals surface area contributed by atoms with Crippen molar-refractivity contribution in [1.82, 2.24) is 14.8 Å². The Morgan fingerprint density at radius 1 is 1.41 bits per heavy atom. The third-order valence-electron chi connectivity index (χ3n) is 2.29. The molecule has 2 rings (SSSR count). The molecule has 2 heterocycles. The van der Waals surface area contributed by atoms with Gasteiger partial charge in [-0.3, -0.25) is 0 Å². The van der Waals surface area contributed by atoms with Crippen LogP contribution in [0.1, 0.15) is 17.3 Å². The van der Waals surface area contributed by atoms with Crippen LogP contribution in [0.15, 0.2) is 16.5 Å². The van der Waals surface area contributed by atoms with Crippen molar-refractivity contribution in [2.24, 2.45) is 7.05 Å². The average Bonchev–Trinajstić information content (AvgIpc) is 2.83. The van der Waals surface area contributed by atoms with Gasteiger partial charge in [0.25, 0.3) is 0 Å². The summed E-state index contributed by atoms with van der Waals surface area (Å²) >= 11 is 0. The van der Waals surface area contributed by atoms with E-state index in [0.29, 0.717) is 13.2 Å². The van der Waals surface area contributed by atoms with E-state index in [1.54, 1.807) is 11.8 Å². The Kier molecular flexibility index (Phi) is 3.43. The molecule has 1 N–H and O–H groups in total. The summed E-state index contributed by atoms with van der Waals surface area (Å²) in [4.78, 5) is 4.24. The summed E-state index contributed by atoms with van der Waals surface area (Å²) in [6, 6.07) is 3.83. The molecule has 0 spiro atoms. The van der Waals surface area contributed by atoms with Gasteiger partial charge in [-0.2, -0.15) is 10.1 Å². The number of aromatic nitrogens is 3. The number of anilines is 1. The van der Waals surface area contributed by atoms with Gasteiger partial charge in [0.15, 0.2) is 0 Å². The first-order chi connectivity index (χ1) is 8.19.